The van der Waals surface area contributed by atoms with E-state index in [1.54, 1.807) is 25.3 Å². The Morgan fingerprint density at radius 1 is 1.61 bits per heavy atom. The van der Waals surface area contributed by atoms with Crippen LogP contribution in [0, 0.1) is 0 Å². The molecule has 0 saturated heterocycles. The summed E-state index contributed by atoms with van der Waals surface area (Å²) < 4.78 is 10.2. The van der Waals surface area contributed by atoms with Gasteiger partial charge in [0.25, 0.3) is 0 Å². The second-order valence-electron chi connectivity index (χ2n) is 3.23. The van der Waals surface area contributed by atoms with Gasteiger partial charge >= 0.3 is 5.97 Å². The smallest absolute Gasteiger partial charge is 0.324 e. The summed E-state index contributed by atoms with van der Waals surface area (Å²) in [6.45, 7) is 2.69. The van der Waals surface area contributed by atoms with Crippen molar-refractivity contribution in [1.82, 2.24) is 10.0 Å². The van der Waals surface area contributed by atoms with Crippen molar-refractivity contribution in [3.8, 4) is 0 Å². The van der Waals surface area contributed by atoms with E-state index in [4.69, 9.17) is 4.74 Å². The van der Waals surface area contributed by atoms with Crippen molar-refractivity contribution < 1.29 is 9.53 Å². The van der Waals surface area contributed by atoms with E-state index in [2.05, 4.69) is 41.9 Å². The molecule has 2 N–H and O–H groups in total. The molecule has 0 aliphatic carbocycles. The molecule has 0 bridgehead atoms. The maximum absolute atomic E-state index is 11.5. The standard InChI is InChI=1S/C10H14Br2N2O2S2/c1-3-16-10(15)6(13-2)5-14-18-7-4-8(11)17-9(7)12/h4,6,13-14H,3,5H2,1-2H3. The van der Waals surface area contributed by atoms with Crippen LogP contribution >= 0.6 is 55.1 Å². The van der Waals surface area contributed by atoms with Crippen LogP contribution in [0.3, 0.4) is 0 Å². The molecule has 0 fully saturated rings. The summed E-state index contributed by atoms with van der Waals surface area (Å²) >= 11 is 9.99. The lowest BCUT2D eigenvalue weighted by molar-refractivity contribution is -0.145. The summed E-state index contributed by atoms with van der Waals surface area (Å²) in [6, 6.07) is 1.68. The van der Waals surface area contributed by atoms with Gasteiger partial charge in [-0.2, -0.15) is 0 Å². The van der Waals surface area contributed by atoms with E-state index in [1.807, 2.05) is 6.07 Å². The number of hydrogen-bond acceptors (Lipinski definition) is 6. The Labute approximate surface area is 132 Å². The van der Waals surface area contributed by atoms with E-state index >= 15 is 0 Å². The largest absolute Gasteiger partial charge is 0.465 e. The first-order valence-electron chi connectivity index (χ1n) is 5.26. The lowest BCUT2D eigenvalue weighted by Crippen LogP contribution is -2.42. The quantitative estimate of drug-likeness (QED) is 0.527. The summed E-state index contributed by atoms with van der Waals surface area (Å²) in [5, 5.41) is 2.92. The number of carbonyl (C=O) groups excluding carboxylic acids is 1. The fraction of sp³-hybridized carbons (Fsp3) is 0.500. The van der Waals surface area contributed by atoms with Crippen molar-refractivity contribution in [3.05, 3.63) is 13.6 Å². The number of hydrogen-bond donors (Lipinski definition) is 2. The van der Waals surface area contributed by atoms with Gasteiger partial charge in [-0.25, -0.2) is 0 Å². The Bertz CT molecular complexity index is 401. The molecule has 0 aliphatic heterocycles. The van der Waals surface area contributed by atoms with Crippen LogP contribution < -0.4 is 10.0 Å². The molecule has 1 rings (SSSR count). The van der Waals surface area contributed by atoms with Gasteiger partial charge in [0.1, 0.15) is 6.04 Å². The monoisotopic (exact) mass is 416 g/mol. The zero-order valence-corrected chi connectivity index (χ0v) is 14.8. The summed E-state index contributed by atoms with van der Waals surface area (Å²) in [6.07, 6.45) is 0. The molecule has 0 amide bonds. The third kappa shape index (κ3) is 5.18. The third-order valence-electron chi connectivity index (χ3n) is 2.01. The summed E-state index contributed by atoms with van der Waals surface area (Å²) in [4.78, 5) is 12.6. The number of halogens is 2. The van der Waals surface area contributed by atoms with Crippen LogP contribution in [0.1, 0.15) is 6.92 Å². The number of likely N-dealkylation sites (N-methyl/N-ethyl adjacent to an activating group) is 1. The van der Waals surface area contributed by atoms with Crippen LogP contribution in [0.15, 0.2) is 18.5 Å². The number of ether oxygens (including phenoxy) is 1. The van der Waals surface area contributed by atoms with Gasteiger partial charge in [-0.05, 0) is 63.8 Å². The molecule has 1 aromatic rings. The minimum absolute atomic E-state index is 0.237. The van der Waals surface area contributed by atoms with Crippen LogP contribution in [-0.4, -0.2) is 32.2 Å². The van der Waals surface area contributed by atoms with Gasteiger partial charge in [0.05, 0.1) is 14.2 Å². The second-order valence-corrected chi connectivity index (χ2v) is 7.91. The molecule has 1 aromatic heterocycles. The zero-order valence-electron chi connectivity index (χ0n) is 9.96. The number of rotatable bonds is 7. The predicted octanol–water partition coefficient (Wildman–Crippen LogP) is 3.02. The number of carbonyl (C=O) groups is 1. The lowest BCUT2D eigenvalue weighted by Gasteiger charge is -2.14. The first-order valence-corrected chi connectivity index (χ1v) is 8.48. The van der Waals surface area contributed by atoms with Crippen molar-refractivity contribution >= 4 is 61.1 Å². The molecule has 0 aliphatic rings. The van der Waals surface area contributed by atoms with Crippen molar-refractivity contribution in [2.45, 2.75) is 17.9 Å². The molecule has 1 atom stereocenters. The summed E-state index contributed by atoms with van der Waals surface area (Å²) in [5.74, 6) is -0.237. The first-order chi connectivity index (χ1) is 8.58. The SMILES string of the molecule is CCOC(=O)C(CNSc1cc(Br)sc1Br)NC. The molecule has 102 valence electrons. The fourth-order valence-corrected chi connectivity index (χ4v) is 5.04. The Morgan fingerprint density at radius 3 is 2.83 bits per heavy atom. The molecule has 1 unspecified atom stereocenters. The maximum atomic E-state index is 11.5. The van der Waals surface area contributed by atoms with Crippen LogP contribution in [0.25, 0.3) is 0 Å². The highest BCUT2D eigenvalue weighted by molar-refractivity contribution is 9.12. The van der Waals surface area contributed by atoms with Gasteiger partial charge < -0.3 is 10.1 Å². The topological polar surface area (TPSA) is 50.4 Å². The molecule has 0 radical (unpaired) electrons. The van der Waals surface area contributed by atoms with Crippen molar-refractivity contribution in [3.63, 3.8) is 0 Å². The molecule has 0 spiro atoms. The summed E-state index contributed by atoms with van der Waals surface area (Å²) in [7, 11) is 1.74. The number of nitrogens with one attached hydrogen (secondary N) is 2. The van der Waals surface area contributed by atoms with Gasteiger partial charge in [-0.3, -0.25) is 9.52 Å². The highest BCUT2D eigenvalue weighted by atomic mass is 79.9. The average Bonchev–Trinajstić information content (AvgIpc) is 2.63. The van der Waals surface area contributed by atoms with E-state index in [9.17, 15) is 4.79 Å². The van der Waals surface area contributed by atoms with Crippen LogP contribution in [0.2, 0.25) is 0 Å². The first kappa shape index (κ1) is 16.5. The zero-order chi connectivity index (χ0) is 13.5. The molecule has 1 heterocycles. The van der Waals surface area contributed by atoms with Gasteiger partial charge in [-0.15, -0.1) is 11.3 Å². The lowest BCUT2D eigenvalue weighted by atomic mass is 10.3. The molecule has 0 saturated carbocycles. The molecular weight excluding hydrogens is 404 g/mol. The van der Waals surface area contributed by atoms with E-state index in [0.717, 1.165) is 12.5 Å². The Kier molecular flexibility index (Phi) is 7.81. The van der Waals surface area contributed by atoms with Gasteiger partial charge in [0.15, 0.2) is 0 Å². The van der Waals surface area contributed by atoms with Crippen molar-refractivity contribution in [2.24, 2.45) is 0 Å². The highest BCUT2D eigenvalue weighted by Gasteiger charge is 2.17. The van der Waals surface area contributed by atoms with E-state index in [1.165, 1.54) is 11.9 Å². The van der Waals surface area contributed by atoms with Gasteiger partial charge in [0, 0.05) is 11.4 Å². The van der Waals surface area contributed by atoms with Crippen LogP contribution in [0.5, 0.6) is 0 Å². The van der Waals surface area contributed by atoms with Crippen LogP contribution in [-0.2, 0) is 9.53 Å². The van der Waals surface area contributed by atoms with Gasteiger partial charge in [-0.1, -0.05) is 0 Å². The number of esters is 1. The second kappa shape index (κ2) is 8.55. The summed E-state index contributed by atoms with van der Waals surface area (Å²) in [5.41, 5.74) is 0. The normalized spacial score (nSPS) is 12.4. The minimum atomic E-state index is -0.335. The highest BCUT2D eigenvalue weighted by Crippen LogP contribution is 2.36. The number of thiophene rings is 1. The Morgan fingerprint density at radius 2 is 2.33 bits per heavy atom. The Balaban J connectivity index is 2.40. The van der Waals surface area contributed by atoms with Crippen LogP contribution in [0.4, 0.5) is 0 Å². The van der Waals surface area contributed by atoms with E-state index in [0.29, 0.717) is 13.2 Å². The van der Waals surface area contributed by atoms with E-state index in [-0.39, 0.29) is 12.0 Å². The molecular formula is C10H14Br2N2O2S2. The fourth-order valence-electron chi connectivity index (χ4n) is 1.14. The van der Waals surface area contributed by atoms with Crippen molar-refractivity contribution in [1.29, 1.82) is 0 Å². The van der Waals surface area contributed by atoms with Crippen molar-refractivity contribution in [2.75, 3.05) is 20.2 Å². The third-order valence-corrected chi connectivity index (χ3v) is 5.60. The average molecular weight is 418 g/mol. The molecule has 4 nitrogen and oxygen atoms in total. The van der Waals surface area contributed by atoms with Gasteiger partial charge in [0.2, 0.25) is 0 Å². The predicted molar refractivity (Wildman–Crippen MR) is 83.1 cm³/mol. The molecule has 18 heavy (non-hydrogen) atoms. The molecule has 0 aromatic carbocycles. The maximum Gasteiger partial charge on any atom is 0.324 e. The molecule has 8 heteroatoms. The minimum Gasteiger partial charge on any atom is -0.465 e. The Hall–Kier alpha value is 0.400. The van der Waals surface area contributed by atoms with E-state index < -0.39 is 0 Å².